The second kappa shape index (κ2) is 5.46. The predicted octanol–water partition coefficient (Wildman–Crippen LogP) is 1.14. The van der Waals surface area contributed by atoms with Crippen molar-refractivity contribution in [2.75, 3.05) is 26.0 Å². The molecular formula is C11H17N3O2. The van der Waals surface area contributed by atoms with Gasteiger partial charge in [-0.05, 0) is 33.2 Å². The van der Waals surface area contributed by atoms with E-state index in [1.165, 1.54) is 6.20 Å². The Morgan fingerprint density at radius 3 is 2.88 bits per heavy atom. The molecule has 5 heteroatoms. The second-order valence-electron chi connectivity index (χ2n) is 4.01. The van der Waals surface area contributed by atoms with Crippen molar-refractivity contribution in [3.63, 3.8) is 0 Å². The van der Waals surface area contributed by atoms with Crippen LogP contribution in [-0.4, -0.2) is 47.6 Å². The summed E-state index contributed by atoms with van der Waals surface area (Å²) in [5.41, 5.74) is 0.623. The lowest BCUT2D eigenvalue weighted by Crippen LogP contribution is -2.30. The Morgan fingerprint density at radius 2 is 2.31 bits per heavy atom. The van der Waals surface area contributed by atoms with Crippen LogP contribution in [0, 0.1) is 0 Å². The number of aromatic carboxylic acids is 1. The van der Waals surface area contributed by atoms with Gasteiger partial charge in [-0.3, -0.25) is 0 Å². The van der Waals surface area contributed by atoms with Gasteiger partial charge in [0.25, 0.3) is 0 Å². The summed E-state index contributed by atoms with van der Waals surface area (Å²) in [5, 5.41) is 12.1. The Labute approximate surface area is 95.1 Å². The fraction of sp³-hybridized carbons (Fsp3) is 0.455. The zero-order valence-corrected chi connectivity index (χ0v) is 9.77. The molecule has 1 heterocycles. The normalized spacial score (nSPS) is 12.5. The zero-order valence-electron chi connectivity index (χ0n) is 9.77. The Kier molecular flexibility index (Phi) is 4.25. The van der Waals surface area contributed by atoms with Gasteiger partial charge in [0, 0.05) is 18.8 Å². The van der Waals surface area contributed by atoms with E-state index >= 15 is 0 Å². The smallest absolute Gasteiger partial charge is 0.356 e. The summed E-state index contributed by atoms with van der Waals surface area (Å²) in [5.74, 6) is -1.01. The molecule has 0 fully saturated rings. The molecule has 88 valence electrons. The first-order valence-electron chi connectivity index (χ1n) is 5.10. The van der Waals surface area contributed by atoms with Gasteiger partial charge in [-0.1, -0.05) is 0 Å². The molecule has 1 unspecified atom stereocenters. The molecule has 1 rings (SSSR count). The highest BCUT2D eigenvalue weighted by Gasteiger charge is 2.12. The van der Waals surface area contributed by atoms with Gasteiger partial charge >= 0.3 is 5.97 Å². The van der Waals surface area contributed by atoms with Crippen LogP contribution in [0.5, 0.6) is 0 Å². The van der Waals surface area contributed by atoms with Gasteiger partial charge in [-0.15, -0.1) is 0 Å². The number of nitrogens with zero attached hydrogens (tertiary/aromatic N) is 2. The van der Waals surface area contributed by atoms with Crippen LogP contribution in [0.25, 0.3) is 0 Å². The van der Waals surface area contributed by atoms with Crippen molar-refractivity contribution >= 4 is 11.7 Å². The minimum atomic E-state index is -1.01. The minimum absolute atomic E-state index is 0.0631. The number of anilines is 1. The van der Waals surface area contributed by atoms with Gasteiger partial charge in [-0.25, -0.2) is 9.78 Å². The largest absolute Gasteiger partial charge is 0.476 e. The zero-order chi connectivity index (χ0) is 12.1. The summed E-state index contributed by atoms with van der Waals surface area (Å²) >= 11 is 0. The number of carboxylic acids is 1. The number of pyridine rings is 1. The first-order valence-corrected chi connectivity index (χ1v) is 5.10. The predicted molar refractivity (Wildman–Crippen MR) is 62.8 cm³/mol. The van der Waals surface area contributed by atoms with Crippen LogP contribution in [0.3, 0.4) is 0 Å². The van der Waals surface area contributed by atoms with Crippen LogP contribution >= 0.6 is 0 Å². The molecule has 0 saturated carbocycles. The van der Waals surface area contributed by atoms with Gasteiger partial charge in [0.2, 0.25) is 0 Å². The third-order valence-electron chi connectivity index (χ3n) is 2.05. The van der Waals surface area contributed by atoms with Crippen LogP contribution in [0.4, 0.5) is 5.69 Å². The van der Waals surface area contributed by atoms with Gasteiger partial charge in [0.05, 0.1) is 5.69 Å². The van der Waals surface area contributed by atoms with Crippen LogP contribution in [0.2, 0.25) is 0 Å². The molecule has 0 aliphatic rings. The Bertz CT molecular complexity index is 366. The van der Waals surface area contributed by atoms with E-state index in [2.05, 4.69) is 10.3 Å². The van der Waals surface area contributed by atoms with E-state index in [-0.39, 0.29) is 11.7 Å². The standard InChI is InChI=1S/C11H17N3O2/c1-8(7-14(2)3)13-9-5-4-6-12-10(9)11(15)16/h4-6,8,13H,7H2,1-3H3,(H,15,16). The molecule has 0 aliphatic heterocycles. The highest BCUT2D eigenvalue weighted by Crippen LogP contribution is 2.13. The van der Waals surface area contributed by atoms with Gasteiger partial charge in [0.15, 0.2) is 5.69 Å². The molecule has 0 aliphatic carbocycles. The number of rotatable bonds is 5. The summed E-state index contributed by atoms with van der Waals surface area (Å²) in [7, 11) is 3.94. The molecule has 0 spiro atoms. The van der Waals surface area contributed by atoms with Crippen molar-refractivity contribution in [3.8, 4) is 0 Å². The van der Waals surface area contributed by atoms with Crippen molar-refractivity contribution in [3.05, 3.63) is 24.0 Å². The van der Waals surface area contributed by atoms with Crippen molar-refractivity contribution in [2.24, 2.45) is 0 Å². The van der Waals surface area contributed by atoms with Gasteiger partial charge in [0.1, 0.15) is 0 Å². The molecular weight excluding hydrogens is 206 g/mol. The SMILES string of the molecule is CC(CN(C)C)Nc1cccnc1C(=O)O. The highest BCUT2D eigenvalue weighted by atomic mass is 16.4. The van der Waals surface area contributed by atoms with Crippen LogP contribution < -0.4 is 5.32 Å². The summed E-state index contributed by atoms with van der Waals surface area (Å²) in [6, 6.07) is 3.61. The van der Waals surface area contributed by atoms with Gasteiger partial charge in [-0.2, -0.15) is 0 Å². The number of carboxylic acid groups (broad SMARTS) is 1. The fourth-order valence-electron chi connectivity index (χ4n) is 1.55. The monoisotopic (exact) mass is 223 g/mol. The van der Waals surface area contributed by atoms with Crippen molar-refractivity contribution in [1.29, 1.82) is 0 Å². The summed E-state index contributed by atoms with van der Waals surface area (Å²) in [4.78, 5) is 16.8. The molecule has 0 radical (unpaired) electrons. The lowest BCUT2D eigenvalue weighted by Gasteiger charge is -2.19. The van der Waals surface area contributed by atoms with Crippen molar-refractivity contribution < 1.29 is 9.90 Å². The topological polar surface area (TPSA) is 65.5 Å². The van der Waals surface area contributed by atoms with E-state index in [0.717, 1.165) is 6.54 Å². The molecule has 0 aromatic carbocycles. The third-order valence-corrected chi connectivity index (χ3v) is 2.05. The van der Waals surface area contributed by atoms with E-state index in [0.29, 0.717) is 5.69 Å². The number of aromatic nitrogens is 1. The molecule has 16 heavy (non-hydrogen) atoms. The molecule has 2 N–H and O–H groups in total. The third kappa shape index (κ3) is 3.51. The summed E-state index contributed by atoms with van der Waals surface area (Å²) < 4.78 is 0. The number of hydrogen-bond acceptors (Lipinski definition) is 4. The van der Waals surface area contributed by atoms with E-state index in [1.807, 2.05) is 25.9 Å². The number of carbonyl (C=O) groups is 1. The lowest BCUT2D eigenvalue weighted by molar-refractivity contribution is 0.0691. The average Bonchev–Trinajstić information content (AvgIpc) is 2.16. The quantitative estimate of drug-likeness (QED) is 0.783. The summed E-state index contributed by atoms with van der Waals surface area (Å²) in [6.07, 6.45) is 1.48. The van der Waals surface area contributed by atoms with Crippen LogP contribution in [0.1, 0.15) is 17.4 Å². The maximum absolute atomic E-state index is 10.9. The molecule has 1 atom stereocenters. The van der Waals surface area contributed by atoms with Crippen LogP contribution in [0.15, 0.2) is 18.3 Å². The Hall–Kier alpha value is -1.62. The second-order valence-corrected chi connectivity index (χ2v) is 4.01. The molecule has 5 nitrogen and oxygen atoms in total. The fourth-order valence-corrected chi connectivity index (χ4v) is 1.55. The first kappa shape index (κ1) is 12.4. The minimum Gasteiger partial charge on any atom is -0.476 e. The van der Waals surface area contributed by atoms with E-state index in [1.54, 1.807) is 12.1 Å². The molecule has 1 aromatic heterocycles. The lowest BCUT2D eigenvalue weighted by atomic mass is 10.2. The van der Waals surface area contributed by atoms with E-state index in [9.17, 15) is 4.79 Å². The summed E-state index contributed by atoms with van der Waals surface area (Å²) in [6.45, 7) is 2.83. The average molecular weight is 223 g/mol. The molecule has 0 amide bonds. The molecule has 0 bridgehead atoms. The maximum atomic E-state index is 10.9. The van der Waals surface area contributed by atoms with Gasteiger partial charge < -0.3 is 15.3 Å². The maximum Gasteiger partial charge on any atom is 0.356 e. The van der Waals surface area contributed by atoms with Crippen molar-refractivity contribution in [2.45, 2.75) is 13.0 Å². The first-order chi connectivity index (χ1) is 7.50. The number of likely N-dealkylation sites (N-methyl/N-ethyl adjacent to an activating group) is 1. The highest BCUT2D eigenvalue weighted by molar-refractivity contribution is 5.91. The van der Waals surface area contributed by atoms with E-state index in [4.69, 9.17) is 5.11 Å². The Balaban J connectivity index is 2.76. The molecule has 1 aromatic rings. The van der Waals surface area contributed by atoms with Crippen molar-refractivity contribution in [1.82, 2.24) is 9.88 Å². The van der Waals surface area contributed by atoms with E-state index < -0.39 is 5.97 Å². The Morgan fingerprint density at radius 1 is 1.62 bits per heavy atom. The number of hydrogen-bond donors (Lipinski definition) is 2. The molecule has 0 saturated heterocycles. The van der Waals surface area contributed by atoms with Crippen LogP contribution in [-0.2, 0) is 0 Å². The number of nitrogens with one attached hydrogen (secondary N) is 1.